The summed E-state index contributed by atoms with van der Waals surface area (Å²) in [5.41, 5.74) is 0.315. The molecular weight excluding hydrogens is 189 g/mol. The maximum Gasteiger partial charge on any atom is 0.401 e. The number of benzene rings is 1. The Balaban J connectivity index is 2.95. The molecule has 0 aliphatic rings. The van der Waals surface area contributed by atoms with Gasteiger partial charge in [0.1, 0.15) is 0 Å². The average molecular weight is 199 g/mol. The van der Waals surface area contributed by atoms with Crippen molar-refractivity contribution in [2.24, 2.45) is 0 Å². The maximum atomic E-state index is 12.0. The van der Waals surface area contributed by atoms with Crippen LogP contribution in [0.5, 0.6) is 11.5 Å². The number of nitrogens with one attached hydrogen (secondary N) is 1. The van der Waals surface area contributed by atoms with E-state index in [-0.39, 0.29) is 0 Å². The van der Waals surface area contributed by atoms with Gasteiger partial charge < -0.3 is 9.47 Å². The molecule has 0 unspecified atom stereocenters. The topological polar surface area (TPSA) is 47.6 Å². The zero-order valence-electron chi connectivity index (χ0n) is 7.83. The van der Waals surface area contributed by atoms with Gasteiger partial charge >= 0.3 is 6.16 Å². The SMILES string of the molecule is COc1ccc(NC(=O)F)cc1OC. The van der Waals surface area contributed by atoms with Crippen LogP contribution in [0.15, 0.2) is 18.2 Å². The van der Waals surface area contributed by atoms with Crippen LogP contribution in [0.1, 0.15) is 0 Å². The molecule has 0 radical (unpaired) electrons. The Morgan fingerprint density at radius 2 is 1.93 bits per heavy atom. The third-order valence-corrected chi connectivity index (χ3v) is 1.63. The minimum absolute atomic E-state index is 0.315. The van der Waals surface area contributed by atoms with Crippen LogP contribution in [0, 0.1) is 0 Å². The molecule has 0 aliphatic heterocycles. The Morgan fingerprint density at radius 3 is 2.43 bits per heavy atom. The predicted molar refractivity (Wildman–Crippen MR) is 49.7 cm³/mol. The van der Waals surface area contributed by atoms with Crippen molar-refractivity contribution in [1.82, 2.24) is 0 Å². The van der Waals surface area contributed by atoms with Gasteiger partial charge in [0.2, 0.25) is 0 Å². The lowest BCUT2D eigenvalue weighted by atomic mass is 10.3. The van der Waals surface area contributed by atoms with Gasteiger partial charge in [-0.2, -0.15) is 0 Å². The van der Waals surface area contributed by atoms with Crippen molar-refractivity contribution in [1.29, 1.82) is 0 Å². The van der Waals surface area contributed by atoms with Crippen molar-refractivity contribution in [3.8, 4) is 11.5 Å². The van der Waals surface area contributed by atoms with E-state index in [1.807, 2.05) is 5.32 Å². The zero-order valence-corrected chi connectivity index (χ0v) is 7.83. The Bertz CT molecular complexity index is 341. The van der Waals surface area contributed by atoms with Gasteiger partial charge in [0.15, 0.2) is 11.5 Å². The van der Waals surface area contributed by atoms with Gasteiger partial charge in [0, 0.05) is 11.8 Å². The number of ether oxygens (including phenoxy) is 2. The first-order valence-corrected chi connectivity index (χ1v) is 3.86. The van der Waals surface area contributed by atoms with Gasteiger partial charge in [-0.1, -0.05) is 0 Å². The summed E-state index contributed by atoms with van der Waals surface area (Å²) >= 11 is 0. The number of anilines is 1. The minimum Gasteiger partial charge on any atom is -0.493 e. The van der Waals surface area contributed by atoms with Crippen LogP contribution in [0.3, 0.4) is 0 Å². The van der Waals surface area contributed by atoms with Crippen molar-refractivity contribution >= 4 is 11.8 Å². The molecule has 76 valence electrons. The van der Waals surface area contributed by atoms with Crippen molar-refractivity contribution < 1.29 is 18.7 Å². The standard InChI is InChI=1S/C9H10FNO3/c1-13-7-4-3-6(11-9(10)12)5-8(7)14-2/h3-5H,1-2H3,(H,11,12). The van der Waals surface area contributed by atoms with E-state index in [2.05, 4.69) is 0 Å². The molecule has 0 heterocycles. The van der Waals surface area contributed by atoms with E-state index < -0.39 is 6.16 Å². The fraction of sp³-hybridized carbons (Fsp3) is 0.222. The van der Waals surface area contributed by atoms with Gasteiger partial charge in [0.05, 0.1) is 14.2 Å². The molecule has 1 aromatic carbocycles. The lowest BCUT2D eigenvalue weighted by Gasteiger charge is -2.08. The van der Waals surface area contributed by atoms with E-state index in [4.69, 9.17) is 9.47 Å². The van der Waals surface area contributed by atoms with Gasteiger partial charge in [-0.05, 0) is 12.1 Å². The summed E-state index contributed by atoms with van der Waals surface area (Å²) in [6.07, 6.45) is -1.61. The van der Waals surface area contributed by atoms with Crippen LogP contribution < -0.4 is 14.8 Å². The normalized spacial score (nSPS) is 9.36. The van der Waals surface area contributed by atoms with Gasteiger partial charge in [0.25, 0.3) is 0 Å². The molecule has 1 rings (SSSR count). The minimum atomic E-state index is -1.61. The van der Waals surface area contributed by atoms with Crippen LogP contribution in [0.4, 0.5) is 14.9 Å². The number of halogens is 1. The number of hydrogen-bond donors (Lipinski definition) is 1. The second kappa shape index (κ2) is 4.45. The number of methoxy groups -OCH3 is 2. The summed E-state index contributed by atoms with van der Waals surface area (Å²) in [5, 5.41) is 1.99. The largest absolute Gasteiger partial charge is 0.493 e. The summed E-state index contributed by atoms with van der Waals surface area (Å²) in [5.74, 6) is 0.947. The molecule has 0 fully saturated rings. The van der Waals surface area contributed by atoms with E-state index in [0.29, 0.717) is 17.2 Å². The monoisotopic (exact) mass is 199 g/mol. The first-order chi connectivity index (χ1) is 6.67. The fourth-order valence-electron chi connectivity index (χ4n) is 1.03. The Kier molecular flexibility index (Phi) is 3.28. The third-order valence-electron chi connectivity index (χ3n) is 1.63. The summed E-state index contributed by atoms with van der Waals surface area (Å²) in [4.78, 5) is 10.1. The molecular formula is C9H10FNO3. The van der Waals surface area contributed by atoms with Crippen LogP contribution in [0.2, 0.25) is 0 Å². The van der Waals surface area contributed by atoms with Crippen molar-refractivity contribution in [3.05, 3.63) is 18.2 Å². The Hall–Kier alpha value is -1.78. The number of carbonyl (C=O) groups excluding carboxylic acids is 1. The van der Waals surface area contributed by atoms with E-state index >= 15 is 0 Å². The number of carbonyl (C=O) groups is 1. The lowest BCUT2D eigenvalue weighted by molar-refractivity contribution is 0.235. The maximum absolute atomic E-state index is 12.0. The molecule has 0 saturated carbocycles. The van der Waals surface area contributed by atoms with E-state index in [1.165, 1.54) is 26.4 Å². The number of hydrogen-bond acceptors (Lipinski definition) is 3. The summed E-state index contributed by atoms with van der Waals surface area (Å²) in [6, 6.07) is 4.55. The average Bonchev–Trinajstić information content (AvgIpc) is 2.16. The molecule has 0 saturated heterocycles. The van der Waals surface area contributed by atoms with Crippen LogP contribution in [0.25, 0.3) is 0 Å². The quantitative estimate of drug-likeness (QED) is 0.599. The smallest absolute Gasteiger partial charge is 0.401 e. The molecule has 1 amide bonds. The van der Waals surface area contributed by atoms with Gasteiger partial charge in [-0.3, -0.25) is 5.32 Å². The van der Waals surface area contributed by atoms with E-state index in [1.54, 1.807) is 6.07 Å². The Morgan fingerprint density at radius 1 is 1.29 bits per heavy atom. The highest BCUT2D eigenvalue weighted by molar-refractivity contribution is 5.84. The molecule has 4 nitrogen and oxygen atoms in total. The number of rotatable bonds is 3. The molecule has 1 N–H and O–H groups in total. The third kappa shape index (κ3) is 2.35. The van der Waals surface area contributed by atoms with Crippen molar-refractivity contribution in [2.75, 3.05) is 19.5 Å². The van der Waals surface area contributed by atoms with Crippen LogP contribution in [-0.2, 0) is 0 Å². The number of amides is 1. The second-order valence-corrected chi connectivity index (χ2v) is 2.47. The lowest BCUT2D eigenvalue weighted by Crippen LogP contribution is -2.02. The van der Waals surface area contributed by atoms with Gasteiger partial charge in [-0.25, -0.2) is 4.79 Å². The van der Waals surface area contributed by atoms with Crippen LogP contribution in [-0.4, -0.2) is 20.4 Å². The summed E-state index contributed by atoms with van der Waals surface area (Å²) in [6.45, 7) is 0. The van der Waals surface area contributed by atoms with Crippen molar-refractivity contribution in [2.45, 2.75) is 0 Å². The molecule has 14 heavy (non-hydrogen) atoms. The molecule has 0 aromatic heterocycles. The van der Waals surface area contributed by atoms with E-state index in [0.717, 1.165) is 0 Å². The summed E-state index contributed by atoms with van der Waals surface area (Å²) < 4.78 is 21.9. The molecule has 1 aromatic rings. The second-order valence-electron chi connectivity index (χ2n) is 2.47. The molecule has 0 spiro atoms. The first kappa shape index (κ1) is 10.3. The van der Waals surface area contributed by atoms with Crippen LogP contribution >= 0.6 is 0 Å². The highest BCUT2D eigenvalue weighted by Crippen LogP contribution is 2.29. The fourth-order valence-corrected chi connectivity index (χ4v) is 1.03. The molecule has 0 bridgehead atoms. The highest BCUT2D eigenvalue weighted by Gasteiger charge is 2.05. The van der Waals surface area contributed by atoms with Crippen molar-refractivity contribution in [3.63, 3.8) is 0 Å². The first-order valence-electron chi connectivity index (χ1n) is 3.86. The van der Waals surface area contributed by atoms with E-state index in [9.17, 15) is 9.18 Å². The molecule has 0 atom stereocenters. The van der Waals surface area contributed by atoms with Gasteiger partial charge in [-0.15, -0.1) is 4.39 Å². The molecule has 0 aliphatic carbocycles. The predicted octanol–water partition coefficient (Wildman–Crippen LogP) is 2.21. The Labute approximate surface area is 80.6 Å². The summed E-state index contributed by atoms with van der Waals surface area (Å²) in [7, 11) is 2.95. The zero-order chi connectivity index (χ0) is 10.6. The highest BCUT2D eigenvalue weighted by atomic mass is 19.1. The molecule has 5 heteroatoms.